The molecule has 1 aromatic carbocycles. The second-order valence-corrected chi connectivity index (χ2v) is 4.87. The summed E-state index contributed by atoms with van der Waals surface area (Å²) in [5.41, 5.74) is 12.1. The highest BCUT2D eigenvalue weighted by Crippen LogP contribution is 2.23. The number of aliphatic imine (C=N–C) groups is 1. The number of benzene rings is 1. The van der Waals surface area contributed by atoms with Crippen LogP contribution in [0.3, 0.4) is 0 Å². The van der Waals surface area contributed by atoms with Gasteiger partial charge in [0.15, 0.2) is 0 Å². The van der Waals surface area contributed by atoms with Crippen LogP contribution in [0.15, 0.2) is 35.0 Å². The number of carbonyl (C=O) groups excluding carboxylic acids is 1. The number of primary amides is 1. The number of halogens is 1. The second-order valence-electron chi connectivity index (χ2n) is 4.87. The molecule has 0 spiro atoms. The summed E-state index contributed by atoms with van der Waals surface area (Å²) < 4.78 is 18.7. The van der Waals surface area contributed by atoms with Gasteiger partial charge < -0.3 is 16.2 Å². The summed E-state index contributed by atoms with van der Waals surface area (Å²) in [4.78, 5) is 15.3. The van der Waals surface area contributed by atoms with Gasteiger partial charge in [0.1, 0.15) is 5.82 Å². The van der Waals surface area contributed by atoms with E-state index in [4.69, 9.17) is 16.2 Å². The summed E-state index contributed by atoms with van der Waals surface area (Å²) >= 11 is 0. The lowest BCUT2D eigenvalue weighted by molar-refractivity contribution is 0.0772. The molecule has 0 radical (unpaired) electrons. The molecule has 0 unspecified atom stereocenters. The largest absolute Gasteiger partial charge is 0.404 e. The molecular formula is C15H18FN3O2. The molecule has 0 bridgehead atoms. The highest BCUT2D eigenvalue weighted by Gasteiger charge is 2.16. The van der Waals surface area contributed by atoms with Gasteiger partial charge in [0.05, 0.1) is 5.69 Å². The maximum absolute atomic E-state index is 13.4. The lowest BCUT2D eigenvalue weighted by Gasteiger charge is -2.22. The third-order valence-electron chi connectivity index (χ3n) is 3.41. The van der Waals surface area contributed by atoms with Crippen LogP contribution in [0.1, 0.15) is 23.2 Å². The number of hydrogen-bond acceptors (Lipinski definition) is 4. The third-order valence-corrected chi connectivity index (χ3v) is 3.41. The highest BCUT2D eigenvalue weighted by atomic mass is 19.1. The van der Waals surface area contributed by atoms with Gasteiger partial charge in [-0.3, -0.25) is 9.79 Å². The van der Waals surface area contributed by atoms with Gasteiger partial charge in [-0.1, -0.05) is 0 Å². The molecule has 0 aliphatic carbocycles. The fourth-order valence-electron chi connectivity index (χ4n) is 2.26. The maximum Gasteiger partial charge on any atom is 0.248 e. The fourth-order valence-corrected chi connectivity index (χ4v) is 2.26. The van der Waals surface area contributed by atoms with Crippen molar-refractivity contribution in [2.75, 3.05) is 13.2 Å². The molecule has 0 saturated carbocycles. The molecule has 1 fully saturated rings. The molecule has 6 heteroatoms. The Morgan fingerprint density at radius 2 is 2.05 bits per heavy atom. The minimum Gasteiger partial charge on any atom is -0.404 e. The number of nitrogens with two attached hydrogens (primary N) is 2. The Hall–Kier alpha value is -2.21. The van der Waals surface area contributed by atoms with E-state index in [1.807, 2.05) is 0 Å². The minimum atomic E-state index is -0.690. The van der Waals surface area contributed by atoms with E-state index in [2.05, 4.69) is 4.99 Å². The standard InChI is InChI=1S/C15H18FN3O2/c16-13-5-11(15(18)20)6-14(7-13)19-9-12(8-17)10-1-3-21-4-2-10/h5-10H,1-4,17H2,(H2,18,20). The Labute approximate surface area is 122 Å². The molecule has 21 heavy (non-hydrogen) atoms. The number of hydrogen-bond donors (Lipinski definition) is 2. The van der Waals surface area contributed by atoms with Gasteiger partial charge in [0.2, 0.25) is 5.91 Å². The monoisotopic (exact) mass is 291 g/mol. The van der Waals surface area contributed by atoms with E-state index in [0.717, 1.165) is 24.5 Å². The van der Waals surface area contributed by atoms with Crippen LogP contribution in [0.2, 0.25) is 0 Å². The minimum absolute atomic E-state index is 0.0893. The first-order valence-electron chi connectivity index (χ1n) is 6.74. The summed E-state index contributed by atoms with van der Waals surface area (Å²) in [6.07, 6.45) is 4.87. The SMILES string of the molecule is NC=C(C=Nc1cc(F)cc(C(N)=O)c1)C1CCOCC1. The normalized spacial score (nSPS) is 17.3. The first-order chi connectivity index (χ1) is 10.1. The van der Waals surface area contributed by atoms with Gasteiger partial charge in [0.25, 0.3) is 0 Å². The molecule has 112 valence electrons. The van der Waals surface area contributed by atoms with Crippen LogP contribution in [-0.4, -0.2) is 25.3 Å². The number of rotatable bonds is 4. The summed E-state index contributed by atoms with van der Waals surface area (Å²) in [5.74, 6) is -0.954. The van der Waals surface area contributed by atoms with Crippen LogP contribution in [-0.2, 0) is 4.74 Å². The highest BCUT2D eigenvalue weighted by molar-refractivity contribution is 5.94. The second kappa shape index (κ2) is 6.99. The summed E-state index contributed by atoms with van der Waals surface area (Å²) in [5, 5.41) is 0. The van der Waals surface area contributed by atoms with Gasteiger partial charge in [-0.05, 0) is 48.7 Å². The number of carbonyl (C=O) groups is 1. The van der Waals surface area contributed by atoms with Crippen molar-refractivity contribution in [3.8, 4) is 0 Å². The predicted molar refractivity (Wildman–Crippen MR) is 78.9 cm³/mol. The van der Waals surface area contributed by atoms with E-state index in [-0.39, 0.29) is 11.5 Å². The Balaban J connectivity index is 2.17. The quantitative estimate of drug-likeness (QED) is 0.830. The Morgan fingerprint density at radius 3 is 2.67 bits per heavy atom. The van der Waals surface area contributed by atoms with Crippen molar-refractivity contribution in [1.29, 1.82) is 0 Å². The van der Waals surface area contributed by atoms with Crippen LogP contribution >= 0.6 is 0 Å². The Kier molecular flexibility index (Phi) is 5.05. The van der Waals surface area contributed by atoms with Crippen LogP contribution in [0.5, 0.6) is 0 Å². The zero-order chi connectivity index (χ0) is 15.2. The summed E-state index contributed by atoms with van der Waals surface area (Å²) in [7, 11) is 0. The lowest BCUT2D eigenvalue weighted by Crippen LogP contribution is -2.18. The third kappa shape index (κ3) is 4.13. The molecule has 1 heterocycles. The maximum atomic E-state index is 13.4. The van der Waals surface area contributed by atoms with Crippen molar-refractivity contribution in [2.45, 2.75) is 12.8 Å². The zero-order valence-corrected chi connectivity index (χ0v) is 11.6. The van der Waals surface area contributed by atoms with Crippen LogP contribution in [0.25, 0.3) is 0 Å². The molecule has 1 saturated heterocycles. The molecule has 1 amide bonds. The average molecular weight is 291 g/mol. The number of allylic oxidation sites excluding steroid dienone is 1. The molecule has 1 aliphatic heterocycles. The fraction of sp³-hybridized carbons (Fsp3) is 0.333. The molecule has 0 aromatic heterocycles. The van der Waals surface area contributed by atoms with Crippen LogP contribution in [0, 0.1) is 11.7 Å². The van der Waals surface area contributed by atoms with Crippen molar-refractivity contribution in [1.82, 2.24) is 0 Å². The van der Waals surface area contributed by atoms with Crippen molar-refractivity contribution in [2.24, 2.45) is 22.4 Å². The van der Waals surface area contributed by atoms with E-state index < -0.39 is 11.7 Å². The predicted octanol–water partition coefficient (Wildman–Crippen LogP) is 1.90. The van der Waals surface area contributed by atoms with Gasteiger partial charge in [0, 0.05) is 25.0 Å². The topological polar surface area (TPSA) is 90.7 Å². The summed E-state index contributed by atoms with van der Waals surface area (Å²) in [6, 6.07) is 3.76. The van der Waals surface area contributed by atoms with Crippen molar-refractivity contribution < 1.29 is 13.9 Å². The van der Waals surface area contributed by atoms with Crippen LogP contribution in [0.4, 0.5) is 10.1 Å². The molecule has 4 N–H and O–H groups in total. The molecule has 5 nitrogen and oxygen atoms in total. The summed E-state index contributed by atoms with van der Waals surface area (Å²) in [6.45, 7) is 1.39. The molecule has 0 atom stereocenters. The van der Waals surface area contributed by atoms with E-state index in [1.54, 1.807) is 6.21 Å². The lowest BCUT2D eigenvalue weighted by atomic mass is 9.92. The van der Waals surface area contributed by atoms with E-state index >= 15 is 0 Å². The van der Waals surface area contributed by atoms with Gasteiger partial charge >= 0.3 is 0 Å². The zero-order valence-electron chi connectivity index (χ0n) is 11.6. The van der Waals surface area contributed by atoms with Crippen LogP contribution < -0.4 is 11.5 Å². The van der Waals surface area contributed by atoms with E-state index in [1.165, 1.54) is 18.3 Å². The Morgan fingerprint density at radius 1 is 1.33 bits per heavy atom. The molecule has 1 aromatic rings. The number of nitrogens with zero attached hydrogens (tertiary/aromatic N) is 1. The van der Waals surface area contributed by atoms with Crippen molar-refractivity contribution >= 4 is 17.8 Å². The van der Waals surface area contributed by atoms with E-state index in [9.17, 15) is 9.18 Å². The molecule has 1 aliphatic rings. The van der Waals surface area contributed by atoms with E-state index in [0.29, 0.717) is 18.9 Å². The number of ether oxygens (including phenoxy) is 1. The van der Waals surface area contributed by atoms with Gasteiger partial charge in [-0.15, -0.1) is 0 Å². The molecule has 2 rings (SSSR count). The van der Waals surface area contributed by atoms with Gasteiger partial charge in [-0.2, -0.15) is 0 Å². The first kappa shape index (κ1) is 15.2. The molecular weight excluding hydrogens is 273 g/mol. The van der Waals surface area contributed by atoms with Crippen molar-refractivity contribution in [3.05, 3.63) is 41.4 Å². The number of amides is 1. The Bertz CT molecular complexity index is 578. The smallest absolute Gasteiger partial charge is 0.248 e. The van der Waals surface area contributed by atoms with Gasteiger partial charge in [-0.25, -0.2) is 4.39 Å². The first-order valence-corrected chi connectivity index (χ1v) is 6.74. The average Bonchev–Trinajstić information content (AvgIpc) is 2.48. The van der Waals surface area contributed by atoms with Crippen molar-refractivity contribution in [3.63, 3.8) is 0 Å².